The van der Waals surface area contributed by atoms with Crippen LogP contribution in [-0.4, -0.2) is 17.3 Å². The van der Waals surface area contributed by atoms with E-state index < -0.39 is 0 Å². The number of hydrogen-bond donors (Lipinski definition) is 0. The Morgan fingerprint density at radius 1 is 0.714 bits per heavy atom. The van der Waals surface area contributed by atoms with E-state index in [2.05, 4.69) is 34.5 Å². The molecule has 1 aromatic heterocycles. The van der Waals surface area contributed by atoms with Gasteiger partial charge in [0.15, 0.2) is 5.01 Å². The fourth-order valence-corrected chi connectivity index (χ4v) is 3.65. The van der Waals surface area contributed by atoms with E-state index in [0.29, 0.717) is 6.61 Å². The smallest absolute Gasteiger partial charge is 0.155 e. The molecule has 4 rings (SSSR count). The van der Waals surface area contributed by atoms with E-state index in [1.165, 1.54) is 16.7 Å². The number of nitrogens with zero attached hydrogens (tertiary/aromatic N) is 2. The Morgan fingerprint density at radius 3 is 2.07 bits per heavy atom. The zero-order chi connectivity index (χ0) is 19.2. The van der Waals surface area contributed by atoms with Crippen molar-refractivity contribution in [2.75, 3.05) is 7.11 Å². The third-order valence-corrected chi connectivity index (χ3v) is 5.24. The molecule has 0 bridgehead atoms. The van der Waals surface area contributed by atoms with Gasteiger partial charge in [-0.1, -0.05) is 65.9 Å². The lowest BCUT2D eigenvalue weighted by Gasteiger charge is -2.05. The molecular weight excluding hydrogens is 368 g/mol. The number of rotatable bonds is 7. The van der Waals surface area contributed by atoms with Gasteiger partial charge >= 0.3 is 0 Å². The summed E-state index contributed by atoms with van der Waals surface area (Å²) in [6.45, 7) is 0.422. The second-order valence-electron chi connectivity index (χ2n) is 6.29. The van der Waals surface area contributed by atoms with E-state index >= 15 is 0 Å². The largest absolute Gasteiger partial charge is 0.497 e. The van der Waals surface area contributed by atoms with Crippen molar-refractivity contribution in [1.82, 2.24) is 10.2 Å². The van der Waals surface area contributed by atoms with Crippen LogP contribution >= 0.6 is 11.3 Å². The van der Waals surface area contributed by atoms with Gasteiger partial charge in [-0.3, -0.25) is 0 Å². The first-order chi connectivity index (χ1) is 13.8. The zero-order valence-electron chi connectivity index (χ0n) is 15.5. The summed E-state index contributed by atoms with van der Waals surface area (Å²) in [6, 6.07) is 26.4. The van der Waals surface area contributed by atoms with E-state index in [1.807, 2.05) is 54.6 Å². The molecule has 0 atom stereocenters. The molecule has 0 N–H and O–H groups in total. The van der Waals surface area contributed by atoms with E-state index in [9.17, 15) is 0 Å². The minimum atomic E-state index is 0.422. The standard InChI is InChI=1S/C23H20N2O2S/c1-26-20-11-7-17(8-12-20)15-22-24-25-23(28-22)16-27-21-13-9-19(10-14-21)18-5-3-2-4-6-18/h2-14H,15-16H2,1H3. The van der Waals surface area contributed by atoms with Gasteiger partial charge in [-0.15, -0.1) is 10.2 Å². The Hall–Kier alpha value is -3.18. The minimum absolute atomic E-state index is 0.422. The topological polar surface area (TPSA) is 44.2 Å². The quantitative estimate of drug-likeness (QED) is 0.426. The summed E-state index contributed by atoms with van der Waals surface area (Å²) in [7, 11) is 1.67. The molecule has 0 unspecified atom stereocenters. The van der Waals surface area contributed by atoms with Gasteiger partial charge in [0.25, 0.3) is 0 Å². The van der Waals surface area contributed by atoms with Crippen LogP contribution in [0.5, 0.6) is 11.5 Å². The molecule has 4 nitrogen and oxygen atoms in total. The summed E-state index contributed by atoms with van der Waals surface area (Å²) >= 11 is 1.58. The Balaban J connectivity index is 1.34. The Kier molecular flexibility index (Phi) is 5.64. The van der Waals surface area contributed by atoms with Crippen molar-refractivity contribution in [2.24, 2.45) is 0 Å². The highest BCUT2D eigenvalue weighted by molar-refractivity contribution is 7.11. The van der Waals surface area contributed by atoms with Crippen LogP contribution in [0.15, 0.2) is 78.9 Å². The molecule has 4 aromatic rings. The minimum Gasteiger partial charge on any atom is -0.497 e. The van der Waals surface area contributed by atoms with Crippen molar-refractivity contribution in [3.05, 3.63) is 94.4 Å². The highest BCUT2D eigenvalue weighted by Crippen LogP contribution is 2.23. The molecule has 0 saturated heterocycles. The molecule has 0 fully saturated rings. The van der Waals surface area contributed by atoms with Crippen molar-refractivity contribution < 1.29 is 9.47 Å². The highest BCUT2D eigenvalue weighted by Gasteiger charge is 2.07. The average molecular weight is 388 g/mol. The lowest BCUT2D eigenvalue weighted by Crippen LogP contribution is -1.94. The van der Waals surface area contributed by atoms with Crippen LogP contribution in [-0.2, 0) is 13.0 Å². The van der Waals surface area contributed by atoms with Crippen molar-refractivity contribution in [1.29, 1.82) is 0 Å². The van der Waals surface area contributed by atoms with Gasteiger partial charge in [0.1, 0.15) is 23.1 Å². The number of ether oxygens (including phenoxy) is 2. The second kappa shape index (κ2) is 8.67. The van der Waals surface area contributed by atoms with Gasteiger partial charge in [0.2, 0.25) is 0 Å². The maximum absolute atomic E-state index is 5.87. The number of benzene rings is 3. The van der Waals surface area contributed by atoms with Crippen LogP contribution in [0.25, 0.3) is 11.1 Å². The molecule has 0 aliphatic carbocycles. The summed E-state index contributed by atoms with van der Waals surface area (Å²) in [6.07, 6.45) is 0.757. The fourth-order valence-electron chi connectivity index (χ4n) is 2.86. The molecule has 0 amide bonds. The van der Waals surface area contributed by atoms with Crippen molar-refractivity contribution >= 4 is 11.3 Å². The van der Waals surface area contributed by atoms with Crippen molar-refractivity contribution in [3.8, 4) is 22.6 Å². The molecule has 0 saturated carbocycles. The van der Waals surface area contributed by atoms with Crippen LogP contribution in [0.3, 0.4) is 0 Å². The van der Waals surface area contributed by atoms with Gasteiger partial charge in [-0.2, -0.15) is 0 Å². The zero-order valence-corrected chi connectivity index (χ0v) is 16.4. The summed E-state index contributed by atoms with van der Waals surface area (Å²) in [5.74, 6) is 1.68. The van der Waals surface area contributed by atoms with E-state index in [1.54, 1.807) is 18.4 Å². The van der Waals surface area contributed by atoms with E-state index in [-0.39, 0.29) is 0 Å². The van der Waals surface area contributed by atoms with E-state index in [4.69, 9.17) is 9.47 Å². The average Bonchev–Trinajstić information content (AvgIpc) is 3.21. The van der Waals surface area contributed by atoms with E-state index in [0.717, 1.165) is 27.9 Å². The Labute approximate surface area is 168 Å². The highest BCUT2D eigenvalue weighted by atomic mass is 32.1. The maximum atomic E-state index is 5.87. The Morgan fingerprint density at radius 2 is 1.36 bits per heavy atom. The third-order valence-electron chi connectivity index (χ3n) is 4.35. The molecule has 0 radical (unpaired) electrons. The van der Waals surface area contributed by atoms with Gasteiger partial charge < -0.3 is 9.47 Å². The molecule has 0 spiro atoms. The monoisotopic (exact) mass is 388 g/mol. The molecule has 0 aliphatic rings. The fraction of sp³-hybridized carbons (Fsp3) is 0.130. The molecule has 5 heteroatoms. The lowest BCUT2D eigenvalue weighted by atomic mass is 10.1. The number of aromatic nitrogens is 2. The van der Waals surface area contributed by atoms with Gasteiger partial charge in [-0.25, -0.2) is 0 Å². The lowest BCUT2D eigenvalue weighted by molar-refractivity contribution is 0.304. The van der Waals surface area contributed by atoms with Crippen LogP contribution in [0.1, 0.15) is 15.6 Å². The predicted molar refractivity (Wildman–Crippen MR) is 112 cm³/mol. The summed E-state index contributed by atoms with van der Waals surface area (Å²) < 4.78 is 11.1. The van der Waals surface area contributed by atoms with Crippen molar-refractivity contribution in [2.45, 2.75) is 13.0 Å². The molecule has 0 aliphatic heterocycles. The van der Waals surface area contributed by atoms with Crippen LogP contribution in [0.4, 0.5) is 0 Å². The summed E-state index contributed by atoms with van der Waals surface area (Å²) in [5, 5.41) is 10.4. The van der Waals surface area contributed by atoms with Crippen LogP contribution in [0, 0.1) is 0 Å². The summed E-state index contributed by atoms with van der Waals surface area (Å²) in [5.41, 5.74) is 3.55. The molecule has 1 heterocycles. The molecule has 140 valence electrons. The number of hydrogen-bond acceptors (Lipinski definition) is 5. The normalized spacial score (nSPS) is 10.6. The molecule has 28 heavy (non-hydrogen) atoms. The number of methoxy groups -OCH3 is 1. The maximum Gasteiger partial charge on any atom is 0.155 e. The van der Waals surface area contributed by atoms with Gasteiger partial charge in [0, 0.05) is 6.42 Å². The SMILES string of the molecule is COc1ccc(Cc2nnc(COc3ccc(-c4ccccc4)cc3)s2)cc1. The first-order valence-electron chi connectivity index (χ1n) is 9.02. The third kappa shape index (κ3) is 4.56. The second-order valence-corrected chi connectivity index (χ2v) is 7.44. The first-order valence-corrected chi connectivity index (χ1v) is 9.84. The van der Waals surface area contributed by atoms with Crippen LogP contribution in [0.2, 0.25) is 0 Å². The van der Waals surface area contributed by atoms with Gasteiger partial charge in [0.05, 0.1) is 7.11 Å². The predicted octanol–water partition coefficient (Wildman–Crippen LogP) is 5.38. The Bertz CT molecular complexity index is 1010. The van der Waals surface area contributed by atoms with Crippen LogP contribution < -0.4 is 9.47 Å². The first kappa shape index (κ1) is 18.2. The van der Waals surface area contributed by atoms with Crippen molar-refractivity contribution in [3.63, 3.8) is 0 Å². The summed E-state index contributed by atoms with van der Waals surface area (Å²) in [4.78, 5) is 0. The van der Waals surface area contributed by atoms with Gasteiger partial charge in [-0.05, 0) is 41.0 Å². The molecule has 3 aromatic carbocycles. The molecular formula is C23H20N2O2S.